The van der Waals surface area contributed by atoms with Gasteiger partial charge < -0.3 is 11.2 Å². The molecular weight excluding hydrogens is 322 g/mol. The van der Waals surface area contributed by atoms with E-state index in [1.807, 2.05) is 32.0 Å². The number of halogens is 1. The molecule has 0 saturated carbocycles. The Morgan fingerprint density at radius 3 is 2.86 bits per heavy atom. The van der Waals surface area contributed by atoms with Crippen LogP contribution in [0, 0.1) is 0 Å². The van der Waals surface area contributed by atoms with Crippen LogP contribution in [0.15, 0.2) is 29.4 Å². The molecule has 0 aliphatic rings. The molecule has 3 N–H and O–H groups in total. The van der Waals surface area contributed by atoms with E-state index in [-0.39, 0.29) is 17.7 Å². The summed E-state index contributed by atoms with van der Waals surface area (Å²) >= 11 is 7.37. The van der Waals surface area contributed by atoms with E-state index in [0.29, 0.717) is 21.6 Å². The molecule has 2 aromatic rings. The number of nitrogens with one attached hydrogen (secondary N) is 1. The minimum Gasteiger partial charge on any atom is -0.353 e. The second-order valence-electron chi connectivity index (χ2n) is 4.82. The summed E-state index contributed by atoms with van der Waals surface area (Å²) in [5.74, 6) is 6.65. The third-order valence-corrected chi connectivity index (χ3v) is 4.40. The molecule has 118 valence electrons. The minimum absolute atomic E-state index is 0.0540. The lowest BCUT2D eigenvalue weighted by Crippen LogP contribution is -2.33. The van der Waals surface area contributed by atoms with E-state index in [2.05, 4.69) is 15.5 Å². The van der Waals surface area contributed by atoms with Gasteiger partial charge in [0.15, 0.2) is 5.82 Å². The molecule has 1 aromatic heterocycles. The SMILES string of the molecule is CC[C@H](C)NC(=O)CSc1nnc(-c2ccccc2Cl)n1N. The van der Waals surface area contributed by atoms with Crippen LogP contribution in [0.5, 0.6) is 0 Å². The van der Waals surface area contributed by atoms with Crippen molar-refractivity contribution < 1.29 is 4.79 Å². The van der Waals surface area contributed by atoms with Gasteiger partial charge in [-0.2, -0.15) is 0 Å². The van der Waals surface area contributed by atoms with Crippen molar-refractivity contribution in [2.45, 2.75) is 31.5 Å². The number of benzene rings is 1. The Hall–Kier alpha value is -1.73. The van der Waals surface area contributed by atoms with E-state index in [9.17, 15) is 4.79 Å². The quantitative estimate of drug-likeness (QED) is 0.623. The molecule has 1 heterocycles. The monoisotopic (exact) mass is 339 g/mol. The average molecular weight is 340 g/mol. The lowest BCUT2D eigenvalue weighted by Gasteiger charge is -2.10. The van der Waals surface area contributed by atoms with Crippen LogP contribution in [-0.2, 0) is 4.79 Å². The van der Waals surface area contributed by atoms with E-state index in [1.54, 1.807) is 6.07 Å². The third kappa shape index (κ3) is 3.92. The number of rotatable bonds is 6. The lowest BCUT2D eigenvalue weighted by molar-refractivity contribution is -0.119. The number of carbonyl (C=O) groups excluding carboxylic acids is 1. The van der Waals surface area contributed by atoms with Gasteiger partial charge in [0.05, 0.1) is 10.8 Å². The Labute approximate surface area is 138 Å². The summed E-state index contributed by atoms with van der Waals surface area (Å²) in [5.41, 5.74) is 0.704. The fourth-order valence-corrected chi connectivity index (χ4v) is 2.64. The molecule has 0 unspecified atom stereocenters. The minimum atomic E-state index is -0.0540. The summed E-state index contributed by atoms with van der Waals surface area (Å²) in [6.07, 6.45) is 0.889. The van der Waals surface area contributed by atoms with Gasteiger partial charge in [-0.1, -0.05) is 42.4 Å². The fourth-order valence-electron chi connectivity index (χ4n) is 1.75. The van der Waals surface area contributed by atoms with Crippen molar-refractivity contribution in [3.63, 3.8) is 0 Å². The molecule has 1 aromatic carbocycles. The number of nitrogen functional groups attached to an aromatic ring is 1. The third-order valence-electron chi connectivity index (χ3n) is 3.13. The molecule has 0 saturated heterocycles. The first-order valence-corrected chi connectivity index (χ1v) is 8.26. The van der Waals surface area contributed by atoms with Gasteiger partial charge >= 0.3 is 0 Å². The van der Waals surface area contributed by atoms with Crippen molar-refractivity contribution in [1.29, 1.82) is 0 Å². The maximum absolute atomic E-state index is 11.8. The number of hydrogen-bond acceptors (Lipinski definition) is 5. The van der Waals surface area contributed by atoms with Crippen molar-refractivity contribution in [2.24, 2.45) is 0 Å². The molecule has 0 spiro atoms. The van der Waals surface area contributed by atoms with Gasteiger partial charge in [0.1, 0.15) is 0 Å². The number of nitrogens with zero attached hydrogens (tertiary/aromatic N) is 3. The first-order valence-electron chi connectivity index (χ1n) is 6.90. The average Bonchev–Trinajstić information content (AvgIpc) is 2.86. The normalized spacial score (nSPS) is 12.1. The number of amides is 1. The van der Waals surface area contributed by atoms with Crippen LogP contribution in [0.1, 0.15) is 20.3 Å². The molecule has 0 aliphatic carbocycles. The number of aromatic nitrogens is 3. The molecule has 0 radical (unpaired) electrons. The highest BCUT2D eigenvalue weighted by Crippen LogP contribution is 2.27. The molecule has 0 fully saturated rings. The molecular formula is C14H18ClN5OS. The van der Waals surface area contributed by atoms with Gasteiger partial charge in [-0.25, -0.2) is 4.68 Å². The first-order chi connectivity index (χ1) is 10.5. The van der Waals surface area contributed by atoms with Crippen molar-refractivity contribution in [3.8, 4) is 11.4 Å². The smallest absolute Gasteiger partial charge is 0.230 e. The zero-order valence-electron chi connectivity index (χ0n) is 12.4. The van der Waals surface area contributed by atoms with Gasteiger partial charge in [0, 0.05) is 11.6 Å². The van der Waals surface area contributed by atoms with Crippen LogP contribution in [-0.4, -0.2) is 32.6 Å². The predicted octanol–water partition coefficient (Wildman–Crippen LogP) is 2.32. The lowest BCUT2D eigenvalue weighted by atomic mass is 10.2. The Kier molecular flexibility index (Phi) is 5.68. The molecule has 1 amide bonds. The van der Waals surface area contributed by atoms with Gasteiger partial charge in [-0.05, 0) is 25.5 Å². The molecule has 0 aliphatic heterocycles. The maximum atomic E-state index is 11.8. The molecule has 2 rings (SSSR count). The standard InChI is InChI=1S/C14H18ClN5OS/c1-3-9(2)17-12(21)8-22-14-19-18-13(20(14)16)10-6-4-5-7-11(10)15/h4-7,9H,3,8,16H2,1-2H3,(H,17,21)/t9-/m0/s1. The van der Waals surface area contributed by atoms with Gasteiger partial charge in [0.25, 0.3) is 0 Å². The molecule has 6 nitrogen and oxygen atoms in total. The highest BCUT2D eigenvalue weighted by molar-refractivity contribution is 7.99. The van der Waals surface area contributed by atoms with E-state index < -0.39 is 0 Å². The largest absolute Gasteiger partial charge is 0.353 e. The van der Waals surface area contributed by atoms with Gasteiger partial charge in [-0.15, -0.1) is 10.2 Å². The Bertz CT molecular complexity index is 660. The second kappa shape index (κ2) is 7.51. The second-order valence-corrected chi connectivity index (χ2v) is 6.17. The number of nitrogens with two attached hydrogens (primary N) is 1. The topological polar surface area (TPSA) is 85.8 Å². The van der Waals surface area contributed by atoms with Crippen molar-refractivity contribution in [2.75, 3.05) is 11.6 Å². The first kappa shape index (κ1) is 16.6. The van der Waals surface area contributed by atoms with E-state index in [0.717, 1.165) is 6.42 Å². The summed E-state index contributed by atoms with van der Waals surface area (Å²) in [6, 6.07) is 7.42. The summed E-state index contributed by atoms with van der Waals surface area (Å²) in [7, 11) is 0. The van der Waals surface area contributed by atoms with Crippen molar-refractivity contribution >= 4 is 29.3 Å². The fraction of sp³-hybridized carbons (Fsp3) is 0.357. The Morgan fingerprint density at radius 1 is 1.45 bits per heavy atom. The Morgan fingerprint density at radius 2 is 2.18 bits per heavy atom. The molecule has 8 heteroatoms. The number of hydrogen-bond donors (Lipinski definition) is 2. The van der Waals surface area contributed by atoms with Crippen LogP contribution in [0.4, 0.5) is 0 Å². The van der Waals surface area contributed by atoms with Crippen molar-refractivity contribution in [1.82, 2.24) is 20.2 Å². The molecule has 22 heavy (non-hydrogen) atoms. The zero-order valence-corrected chi connectivity index (χ0v) is 14.0. The van der Waals surface area contributed by atoms with Gasteiger partial charge in [0.2, 0.25) is 11.1 Å². The van der Waals surface area contributed by atoms with Crippen molar-refractivity contribution in [3.05, 3.63) is 29.3 Å². The summed E-state index contributed by atoms with van der Waals surface area (Å²) in [4.78, 5) is 11.8. The molecule has 0 bridgehead atoms. The van der Waals surface area contributed by atoms with Crippen LogP contribution in [0.3, 0.4) is 0 Å². The zero-order chi connectivity index (χ0) is 16.1. The van der Waals surface area contributed by atoms with E-state index in [4.69, 9.17) is 17.4 Å². The highest BCUT2D eigenvalue weighted by Gasteiger charge is 2.15. The predicted molar refractivity (Wildman–Crippen MR) is 89.2 cm³/mol. The van der Waals surface area contributed by atoms with E-state index >= 15 is 0 Å². The molecule has 1 atom stereocenters. The van der Waals surface area contributed by atoms with E-state index in [1.165, 1.54) is 16.4 Å². The summed E-state index contributed by atoms with van der Waals surface area (Å²) in [5, 5.41) is 12.0. The van der Waals surface area contributed by atoms with Gasteiger partial charge in [-0.3, -0.25) is 4.79 Å². The van der Waals surface area contributed by atoms with Crippen LogP contribution < -0.4 is 11.2 Å². The summed E-state index contributed by atoms with van der Waals surface area (Å²) < 4.78 is 1.35. The summed E-state index contributed by atoms with van der Waals surface area (Å²) in [6.45, 7) is 3.98. The van der Waals surface area contributed by atoms with Crippen LogP contribution >= 0.6 is 23.4 Å². The number of carbonyl (C=O) groups is 1. The Balaban J connectivity index is 2.06. The maximum Gasteiger partial charge on any atom is 0.230 e. The number of thioether (sulfide) groups is 1. The van der Waals surface area contributed by atoms with Crippen LogP contribution in [0.2, 0.25) is 5.02 Å². The van der Waals surface area contributed by atoms with Crippen LogP contribution in [0.25, 0.3) is 11.4 Å². The highest BCUT2D eigenvalue weighted by atomic mass is 35.5.